The molecule has 0 saturated carbocycles. The van der Waals surface area contributed by atoms with Crippen LogP contribution >= 0.6 is 11.6 Å². The SMILES string of the molecule is COC(=O)C1=C(C(=O)OC)N(c2cc(Cl)ccc2-n2cncn2)C=CC=C1. The number of carbonyl (C=O) groups excluding carboxylic acids is 2. The lowest BCUT2D eigenvalue weighted by atomic mass is 10.1. The highest BCUT2D eigenvalue weighted by Crippen LogP contribution is 2.33. The Morgan fingerprint density at radius 3 is 2.52 bits per heavy atom. The summed E-state index contributed by atoms with van der Waals surface area (Å²) in [6, 6.07) is 5.06. The molecule has 0 saturated heterocycles. The Morgan fingerprint density at radius 1 is 1.07 bits per heavy atom. The molecule has 138 valence electrons. The molecule has 0 spiro atoms. The van der Waals surface area contributed by atoms with Crippen molar-refractivity contribution >= 4 is 29.2 Å². The molecule has 0 amide bonds. The van der Waals surface area contributed by atoms with E-state index in [-0.39, 0.29) is 11.3 Å². The minimum atomic E-state index is -0.712. The van der Waals surface area contributed by atoms with Crippen molar-refractivity contribution < 1.29 is 19.1 Å². The van der Waals surface area contributed by atoms with E-state index in [1.165, 1.54) is 42.5 Å². The summed E-state index contributed by atoms with van der Waals surface area (Å²) < 4.78 is 11.2. The standard InChI is InChI=1S/C18H15ClN4O4/c1-26-17(24)13-5-3-4-8-22(16(13)18(25)27-2)15-9-12(19)6-7-14(15)23-11-20-10-21-23/h3-11H,1-2H3. The highest BCUT2D eigenvalue weighted by Gasteiger charge is 2.29. The molecule has 8 nitrogen and oxygen atoms in total. The second-order valence-electron chi connectivity index (χ2n) is 5.29. The fourth-order valence-corrected chi connectivity index (χ4v) is 2.73. The molecule has 0 aliphatic carbocycles. The van der Waals surface area contributed by atoms with Crippen molar-refractivity contribution in [3.63, 3.8) is 0 Å². The summed E-state index contributed by atoms with van der Waals surface area (Å²) in [4.78, 5) is 30.3. The Kier molecular flexibility index (Phi) is 5.37. The molecule has 0 radical (unpaired) electrons. The lowest BCUT2D eigenvalue weighted by Crippen LogP contribution is -2.27. The third-order valence-corrected chi connectivity index (χ3v) is 3.99. The molecular weight excluding hydrogens is 372 g/mol. The van der Waals surface area contributed by atoms with Crippen molar-refractivity contribution in [1.82, 2.24) is 14.8 Å². The van der Waals surface area contributed by atoms with E-state index < -0.39 is 11.9 Å². The van der Waals surface area contributed by atoms with E-state index >= 15 is 0 Å². The first kappa shape index (κ1) is 18.4. The van der Waals surface area contributed by atoms with Gasteiger partial charge in [0.25, 0.3) is 0 Å². The molecule has 1 aromatic heterocycles. The van der Waals surface area contributed by atoms with Gasteiger partial charge in [0.05, 0.1) is 31.2 Å². The number of hydrogen-bond donors (Lipinski definition) is 0. The Labute approximate surface area is 160 Å². The van der Waals surface area contributed by atoms with Crippen LogP contribution in [0, 0.1) is 0 Å². The maximum Gasteiger partial charge on any atom is 0.355 e. The number of aromatic nitrogens is 3. The van der Waals surface area contributed by atoms with Crippen LogP contribution in [0.5, 0.6) is 0 Å². The van der Waals surface area contributed by atoms with Gasteiger partial charge in [-0.3, -0.25) is 0 Å². The second-order valence-corrected chi connectivity index (χ2v) is 5.73. The number of anilines is 1. The zero-order valence-corrected chi connectivity index (χ0v) is 15.3. The summed E-state index contributed by atoms with van der Waals surface area (Å²) in [6.07, 6.45) is 9.28. The zero-order chi connectivity index (χ0) is 19.4. The first-order valence-electron chi connectivity index (χ1n) is 7.76. The van der Waals surface area contributed by atoms with Crippen molar-refractivity contribution in [2.45, 2.75) is 0 Å². The van der Waals surface area contributed by atoms with Crippen LogP contribution < -0.4 is 4.90 Å². The van der Waals surface area contributed by atoms with Crippen LogP contribution in [0.3, 0.4) is 0 Å². The average Bonchev–Trinajstić information content (AvgIpc) is 3.12. The molecule has 2 aromatic rings. The smallest absolute Gasteiger partial charge is 0.355 e. The fraction of sp³-hybridized carbons (Fsp3) is 0.111. The van der Waals surface area contributed by atoms with Gasteiger partial charge in [0.1, 0.15) is 18.4 Å². The molecule has 1 aliphatic heterocycles. The van der Waals surface area contributed by atoms with Gasteiger partial charge in [0.15, 0.2) is 0 Å². The molecule has 2 heterocycles. The van der Waals surface area contributed by atoms with Gasteiger partial charge in [0, 0.05) is 11.2 Å². The summed E-state index contributed by atoms with van der Waals surface area (Å²) in [7, 11) is 2.47. The van der Waals surface area contributed by atoms with Crippen LogP contribution in [0.4, 0.5) is 5.69 Å². The van der Waals surface area contributed by atoms with Crippen molar-refractivity contribution in [2.75, 3.05) is 19.1 Å². The molecule has 3 rings (SSSR count). The van der Waals surface area contributed by atoms with Gasteiger partial charge in [0.2, 0.25) is 0 Å². The molecule has 0 fully saturated rings. The van der Waals surface area contributed by atoms with Gasteiger partial charge in [-0.05, 0) is 30.4 Å². The second kappa shape index (κ2) is 7.88. The number of hydrogen-bond acceptors (Lipinski definition) is 7. The molecular formula is C18H15ClN4O4. The van der Waals surface area contributed by atoms with Gasteiger partial charge in [-0.15, -0.1) is 0 Å². The normalized spacial score (nSPS) is 13.5. The number of benzene rings is 1. The first-order chi connectivity index (χ1) is 13.1. The van der Waals surface area contributed by atoms with Crippen LogP contribution in [0.15, 0.2) is 66.6 Å². The minimum absolute atomic E-state index is 0.0158. The van der Waals surface area contributed by atoms with Crippen LogP contribution in [0.2, 0.25) is 5.02 Å². The lowest BCUT2D eigenvalue weighted by Gasteiger charge is -2.25. The first-order valence-corrected chi connectivity index (χ1v) is 8.14. The average molecular weight is 387 g/mol. The van der Waals surface area contributed by atoms with Crippen LogP contribution in [-0.4, -0.2) is 40.9 Å². The number of methoxy groups -OCH3 is 2. The monoisotopic (exact) mass is 386 g/mol. The Hall–Kier alpha value is -3.39. The van der Waals surface area contributed by atoms with E-state index in [2.05, 4.69) is 10.1 Å². The van der Waals surface area contributed by atoms with E-state index in [1.807, 2.05) is 0 Å². The third-order valence-electron chi connectivity index (χ3n) is 3.75. The predicted octanol–water partition coefficient (Wildman–Crippen LogP) is 2.41. The van der Waals surface area contributed by atoms with Gasteiger partial charge in [-0.1, -0.05) is 17.7 Å². The van der Waals surface area contributed by atoms with Gasteiger partial charge in [-0.2, -0.15) is 5.10 Å². The van der Waals surface area contributed by atoms with E-state index in [9.17, 15) is 9.59 Å². The minimum Gasteiger partial charge on any atom is -0.465 e. The number of esters is 2. The van der Waals surface area contributed by atoms with Gasteiger partial charge in [-0.25, -0.2) is 19.3 Å². The summed E-state index contributed by atoms with van der Waals surface area (Å²) in [5.41, 5.74) is 1.11. The maximum atomic E-state index is 12.6. The summed E-state index contributed by atoms with van der Waals surface area (Å²) in [5, 5.41) is 4.56. The molecule has 0 bridgehead atoms. The molecule has 1 aromatic carbocycles. The van der Waals surface area contributed by atoms with E-state index in [1.54, 1.807) is 36.6 Å². The van der Waals surface area contributed by atoms with Crippen molar-refractivity contribution in [1.29, 1.82) is 0 Å². The van der Waals surface area contributed by atoms with Crippen molar-refractivity contribution in [3.8, 4) is 5.69 Å². The molecule has 0 atom stereocenters. The van der Waals surface area contributed by atoms with Crippen LogP contribution in [0.25, 0.3) is 5.69 Å². The van der Waals surface area contributed by atoms with E-state index in [4.69, 9.17) is 21.1 Å². The number of nitrogens with zero attached hydrogens (tertiary/aromatic N) is 4. The molecule has 9 heteroatoms. The van der Waals surface area contributed by atoms with Gasteiger partial charge < -0.3 is 14.4 Å². The quantitative estimate of drug-likeness (QED) is 0.745. The summed E-state index contributed by atoms with van der Waals surface area (Å²) >= 11 is 6.19. The maximum absolute atomic E-state index is 12.6. The largest absolute Gasteiger partial charge is 0.465 e. The van der Waals surface area contributed by atoms with E-state index in [0.717, 1.165) is 0 Å². The molecule has 0 unspecified atom stereocenters. The molecule has 27 heavy (non-hydrogen) atoms. The lowest BCUT2D eigenvalue weighted by molar-refractivity contribution is -0.139. The van der Waals surface area contributed by atoms with Crippen LogP contribution in [0.1, 0.15) is 0 Å². The number of allylic oxidation sites excluding steroid dienone is 2. The van der Waals surface area contributed by atoms with E-state index in [0.29, 0.717) is 16.4 Å². The summed E-state index contributed by atoms with van der Waals surface area (Å²) in [6.45, 7) is 0. The Morgan fingerprint density at radius 2 is 1.85 bits per heavy atom. The zero-order valence-electron chi connectivity index (χ0n) is 14.5. The fourth-order valence-electron chi connectivity index (χ4n) is 2.57. The highest BCUT2D eigenvalue weighted by molar-refractivity contribution is 6.31. The van der Waals surface area contributed by atoms with Crippen molar-refractivity contribution in [3.05, 3.63) is 71.6 Å². The highest BCUT2D eigenvalue weighted by atomic mass is 35.5. The number of rotatable bonds is 4. The Balaban J connectivity index is 2.27. The number of ether oxygens (including phenoxy) is 2. The number of halogens is 1. The van der Waals surface area contributed by atoms with Crippen molar-refractivity contribution in [2.24, 2.45) is 0 Å². The Bertz CT molecular complexity index is 964. The number of carbonyl (C=O) groups is 2. The predicted molar refractivity (Wildman–Crippen MR) is 98.2 cm³/mol. The topological polar surface area (TPSA) is 86.6 Å². The van der Waals surface area contributed by atoms with Gasteiger partial charge >= 0.3 is 11.9 Å². The molecule has 1 aliphatic rings. The summed E-state index contributed by atoms with van der Waals surface area (Å²) in [5.74, 6) is -1.39. The third kappa shape index (κ3) is 3.61. The molecule has 0 N–H and O–H groups in total. The van der Waals surface area contributed by atoms with Crippen LogP contribution in [-0.2, 0) is 19.1 Å².